The van der Waals surface area contributed by atoms with Gasteiger partial charge in [0.2, 0.25) is 0 Å². The Labute approximate surface area is 116 Å². The fraction of sp³-hybridized carbons (Fsp3) is 0.500. The molecular weight excluding hydrogens is 292 g/mol. The Morgan fingerprint density at radius 1 is 1.56 bits per heavy atom. The molecule has 1 aromatic carbocycles. The predicted molar refractivity (Wildman–Crippen MR) is 76.6 cm³/mol. The van der Waals surface area contributed by atoms with Gasteiger partial charge in [0, 0.05) is 23.1 Å². The lowest BCUT2D eigenvalue weighted by Crippen LogP contribution is -2.34. The molecule has 0 saturated carbocycles. The molecule has 1 heterocycles. The molecule has 0 radical (unpaired) electrons. The zero-order valence-corrected chi connectivity index (χ0v) is 12.5. The van der Waals surface area contributed by atoms with Crippen molar-refractivity contribution in [3.05, 3.63) is 33.8 Å². The van der Waals surface area contributed by atoms with E-state index in [4.69, 9.17) is 5.73 Å². The second-order valence-electron chi connectivity index (χ2n) is 5.45. The molecule has 1 amide bonds. The number of carbonyl (C=O) groups excluding carboxylic acids is 1. The summed E-state index contributed by atoms with van der Waals surface area (Å²) >= 11 is 3.42. The van der Waals surface area contributed by atoms with Gasteiger partial charge < -0.3 is 10.6 Å². The van der Waals surface area contributed by atoms with Crippen LogP contribution in [0, 0.1) is 12.3 Å². The first-order chi connectivity index (χ1) is 8.45. The highest BCUT2D eigenvalue weighted by Crippen LogP contribution is 2.30. The predicted octanol–water partition coefficient (Wildman–Crippen LogP) is 2.57. The summed E-state index contributed by atoms with van der Waals surface area (Å²) in [6, 6.07) is 5.82. The molecule has 1 fully saturated rings. The number of carbonyl (C=O) groups is 1. The molecule has 0 bridgehead atoms. The van der Waals surface area contributed by atoms with Gasteiger partial charge in [0.25, 0.3) is 5.91 Å². The summed E-state index contributed by atoms with van der Waals surface area (Å²) in [7, 11) is 0. The molecule has 0 aliphatic carbocycles. The second kappa shape index (κ2) is 5.02. The molecule has 18 heavy (non-hydrogen) atoms. The molecule has 1 unspecified atom stereocenters. The third-order valence-electron chi connectivity index (χ3n) is 3.77. The first-order valence-electron chi connectivity index (χ1n) is 6.21. The van der Waals surface area contributed by atoms with Gasteiger partial charge in [0.1, 0.15) is 0 Å². The minimum Gasteiger partial charge on any atom is -0.338 e. The van der Waals surface area contributed by atoms with E-state index in [0.717, 1.165) is 35.1 Å². The summed E-state index contributed by atoms with van der Waals surface area (Å²) in [6.45, 7) is 6.31. The highest BCUT2D eigenvalue weighted by Gasteiger charge is 2.35. The van der Waals surface area contributed by atoms with Gasteiger partial charge >= 0.3 is 0 Å². The number of aryl methyl sites for hydroxylation is 1. The average Bonchev–Trinajstić information content (AvgIpc) is 2.75. The number of benzene rings is 1. The molecule has 3 nitrogen and oxygen atoms in total. The second-order valence-corrected chi connectivity index (χ2v) is 6.37. The first kappa shape index (κ1) is 13.6. The molecule has 1 saturated heterocycles. The molecule has 2 N–H and O–H groups in total. The molecule has 1 aromatic rings. The topological polar surface area (TPSA) is 46.3 Å². The van der Waals surface area contributed by atoms with E-state index in [1.807, 2.05) is 30.0 Å². The van der Waals surface area contributed by atoms with Crippen molar-refractivity contribution >= 4 is 21.8 Å². The number of nitrogens with zero attached hydrogens (tertiary/aromatic N) is 1. The lowest BCUT2D eigenvalue weighted by molar-refractivity contribution is 0.0776. The van der Waals surface area contributed by atoms with Crippen molar-refractivity contribution in [1.29, 1.82) is 0 Å². The van der Waals surface area contributed by atoms with Crippen molar-refractivity contribution in [1.82, 2.24) is 4.90 Å². The van der Waals surface area contributed by atoms with Crippen LogP contribution in [-0.2, 0) is 0 Å². The zero-order valence-electron chi connectivity index (χ0n) is 10.9. The number of amides is 1. The van der Waals surface area contributed by atoms with Gasteiger partial charge in [-0.1, -0.05) is 28.9 Å². The van der Waals surface area contributed by atoms with Crippen LogP contribution in [0.5, 0.6) is 0 Å². The molecule has 0 aromatic heterocycles. The van der Waals surface area contributed by atoms with Crippen LogP contribution in [0.2, 0.25) is 0 Å². The maximum atomic E-state index is 12.5. The van der Waals surface area contributed by atoms with Crippen LogP contribution in [0.15, 0.2) is 22.7 Å². The molecular formula is C14H19BrN2O. The van der Waals surface area contributed by atoms with E-state index in [2.05, 4.69) is 22.9 Å². The van der Waals surface area contributed by atoms with E-state index < -0.39 is 0 Å². The van der Waals surface area contributed by atoms with Crippen LogP contribution in [0.3, 0.4) is 0 Å². The highest BCUT2D eigenvalue weighted by molar-refractivity contribution is 9.10. The third kappa shape index (κ3) is 2.59. The summed E-state index contributed by atoms with van der Waals surface area (Å²) < 4.78 is 0.942. The number of hydrogen-bond acceptors (Lipinski definition) is 2. The van der Waals surface area contributed by atoms with Crippen LogP contribution in [0.4, 0.5) is 0 Å². The van der Waals surface area contributed by atoms with Crippen molar-refractivity contribution in [2.24, 2.45) is 11.1 Å². The number of halogens is 1. The molecule has 4 heteroatoms. The van der Waals surface area contributed by atoms with E-state index in [1.165, 1.54) is 0 Å². The van der Waals surface area contributed by atoms with Crippen molar-refractivity contribution in [3.63, 3.8) is 0 Å². The maximum Gasteiger partial charge on any atom is 0.254 e. The Bertz CT molecular complexity index is 475. The molecule has 2 rings (SSSR count). The molecule has 1 aliphatic rings. The summed E-state index contributed by atoms with van der Waals surface area (Å²) in [4.78, 5) is 14.4. The monoisotopic (exact) mass is 310 g/mol. The Balaban J connectivity index is 2.20. The van der Waals surface area contributed by atoms with Crippen LogP contribution in [0.25, 0.3) is 0 Å². The van der Waals surface area contributed by atoms with Crippen molar-refractivity contribution in [2.75, 3.05) is 19.6 Å². The quantitative estimate of drug-likeness (QED) is 0.912. The van der Waals surface area contributed by atoms with Gasteiger partial charge in [0.15, 0.2) is 0 Å². The third-order valence-corrected chi connectivity index (χ3v) is 4.26. The summed E-state index contributed by atoms with van der Waals surface area (Å²) in [5.74, 6) is 0.117. The van der Waals surface area contributed by atoms with Crippen molar-refractivity contribution in [2.45, 2.75) is 20.3 Å². The van der Waals surface area contributed by atoms with E-state index in [9.17, 15) is 4.79 Å². The summed E-state index contributed by atoms with van der Waals surface area (Å²) in [5, 5.41) is 0. The molecule has 0 spiro atoms. The average molecular weight is 311 g/mol. The Morgan fingerprint density at radius 3 is 2.89 bits per heavy atom. The molecule has 98 valence electrons. The van der Waals surface area contributed by atoms with Gasteiger partial charge in [-0.15, -0.1) is 0 Å². The van der Waals surface area contributed by atoms with E-state index in [1.54, 1.807) is 0 Å². The number of hydrogen-bond donors (Lipinski definition) is 1. The van der Waals surface area contributed by atoms with Crippen molar-refractivity contribution in [3.8, 4) is 0 Å². The zero-order chi connectivity index (χ0) is 13.3. The standard InChI is InChI=1S/C14H19BrN2O/c1-10-3-4-11(15)7-12(10)13(18)17-6-5-14(2,8-16)9-17/h3-4,7H,5-6,8-9,16H2,1-2H3. The normalized spacial score (nSPS) is 23.4. The number of rotatable bonds is 2. The van der Waals surface area contributed by atoms with Gasteiger partial charge in [-0.3, -0.25) is 4.79 Å². The van der Waals surface area contributed by atoms with E-state index in [0.29, 0.717) is 6.54 Å². The Morgan fingerprint density at radius 2 is 2.28 bits per heavy atom. The van der Waals surface area contributed by atoms with Gasteiger partial charge in [-0.05, 0) is 43.0 Å². The molecule has 1 atom stereocenters. The van der Waals surface area contributed by atoms with Crippen LogP contribution in [0.1, 0.15) is 29.3 Å². The van der Waals surface area contributed by atoms with Gasteiger partial charge in [-0.2, -0.15) is 0 Å². The summed E-state index contributed by atoms with van der Waals surface area (Å²) in [6.07, 6.45) is 0.988. The smallest absolute Gasteiger partial charge is 0.254 e. The SMILES string of the molecule is Cc1ccc(Br)cc1C(=O)N1CCC(C)(CN)C1. The first-order valence-corrected chi connectivity index (χ1v) is 7.00. The Kier molecular flexibility index (Phi) is 3.78. The van der Waals surface area contributed by atoms with Gasteiger partial charge in [-0.25, -0.2) is 0 Å². The fourth-order valence-electron chi connectivity index (χ4n) is 2.36. The van der Waals surface area contributed by atoms with Crippen LogP contribution in [-0.4, -0.2) is 30.4 Å². The van der Waals surface area contributed by atoms with Crippen LogP contribution >= 0.6 is 15.9 Å². The van der Waals surface area contributed by atoms with E-state index >= 15 is 0 Å². The minimum absolute atomic E-state index is 0.0789. The highest BCUT2D eigenvalue weighted by atomic mass is 79.9. The maximum absolute atomic E-state index is 12.5. The van der Waals surface area contributed by atoms with E-state index in [-0.39, 0.29) is 11.3 Å². The number of likely N-dealkylation sites (tertiary alicyclic amines) is 1. The Hall–Kier alpha value is -0.870. The number of nitrogens with two attached hydrogens (primary N) is 1. The minimum atomic E-state index is 0.0789. The summed E-state index contributed by atoms with van der Waals surface area (Å²) in [5.41, 5.74) is 7.66. The van der Waals surface area contributed by atoms with Gasteiger partial charge in [0.05, 0.1) is 0 Å². The van der Waals surface area contributed by atoms with Crippen molar-refractivity contribution < 1.29 is 4.79 Å². The fourth-order valence-corrected chi connectivity index (χ4v) is 2.72. The molecule has 1 aliphatic heterocycles. The lowest BCUT2D eigenvalue weighted by atomic mass is 9.90. The lowest BCUT2D eigenvalue weighted by Gasteiger charge is -2.23. The largest absolute Gasteiger partial charge is 0.338 e. The van der Waals surface area contributed by atoms with Crippen LogP contribution < -0.4 is 5.73 Å².